The van der Waals surface area contributed by atoms with Gasteiger partial charge in [-0.1, -0.05) is 6.92 Å². The van der Waals surface area contributed by atoms with E-state index >= 15 is 0 Å². The van der Waals surface area contributed by atoms with Crippen molar-refractivity contribution in [3.63, 3.8) is 0 Å². The fourth-order valence-electron chi connectivity index (χ4n) is 0.659. The van der Waals surface area contributed by atoms with E-state index in [2.05, 4.69) is 9.97 Å². The van der Waals surface area contributed by atoms with Crippen LogP contribution in [0.2, 0.25) is 0 Å². The van der Waals surface area contributed by atoms with Gasteiger partial charge in [0.1, 0.15) is 5.82 Å². The van der Waals surface area contributed by atoms with Crippen LogP contribution in [0.3, 0.4) is 0 Å². The zero-order valence-electron chi connectivity index (χ0n) is 6.28. The molecule has 0 amide bonds. The first-order valence-corrected chi connectivity index (χ1v) is 3.04. The Bertz CT molecular complexity index is 164. The van der Waals surface area contributed by atoms with Crippen molar-refractivity contribution in [3.8, 4) is 0 Å². The molecule has 1 atom stereocenters. The summed E-state index contributed by atoms with van der Waals surface area (Å²) < 4.78 is 0. The number of nitrogens with two attached hydrogens (primary N) is 1. The second-order valence-electron chi connectivity index (χ2n) is 2.11. The van der Waals surface area contributed by atoms with Gasteiger partial charge in [0.2, 0.25) is 0 Å². The number of aromatic nitrogens is 2. The monoisotopic (exact) mass is 197 g/mol. The van der Waals surface area contributed by atoms with E-state index in [1.54, 1.807) is 6.20 Å². The fourth-order valence-corrected chi connectivity index (χ4v) is 0.659. The molecular formula is C6H13Cl2N3. The van der Waals surface area contributed by atoms with E-state index in [1.807, 2.05) is 13.1 Å². The Hall–Kier alpha value is -0.250. The van der Waals surface area contributed by atoms with Crippen molar-refractivity contribution >= 4 is 24.8 Å². The third-order valence-corrected chi connectivity index (χ3v) is 1.34. The quantitative estimate of drug-likeness (QED) is 0.752. The summed E-state index contributed by atoms with van der Waals surface area (Å²) in [7, 11) is 0. The van der Waals surface area contributed by atoms with Gasteiger partial charge in [-0.15, -0.1) is 24.8 Å². The van der Waals surface area contributed by atoms with Crippen LogP contribution in [0, 0.1) is 0 Å². The molecule has 1 unspecified atom stereocenters. The molecule has 3 nitrogen and oxygen atoms in total. The van der Waals surface area contributed by atoms with Crippen LogP contribution in [0.1, 0.15) is 18.7 Å². The van der Waals surface area contributed by atoms with Crippen LogP contribution in [-0.4, -0.2) is 16.5 Å². The molecule has 0 aromatic carbocycles. The molecule has 5 heteroatoms. The Morgan fingerprint density at radius 3 is 2.64 bits per heavy atom. The number of aromatic amines is 1. The fraction of sp³-hybridized carbons (Fsp3) is 0.500. The van der Waals surface area contributed by atoms with Crippen molar-refractivity contribution in [2.45, 2.75) is 12.8 Å². The maximum absolute atomic E-state index is 5.40. The number of H-pyrrole nitrogens is 1. The summed E-state index contributed by atoms with van der Waals surface area (Å²) in [4.78, 5) is 7.05. The summed E-state index contributed by atoms with van der Waals surface area (Å²) in [6, 6.07) is 0. The van der Waals surface area contributed by atoms with Gasteiger partial charge in [0.25, 0.3) is 0 Å². The summed E-state index contributed by atoms with van der Waals surface area (Å²) in [5, 5.41) is 0. The summed E-state index contributed by atoms with van der Waals surface area (Å²) in [6.07, 6.45) is 3.54. The maximum atomic E-state index is 5.40. The molecule has 0 fully saturated rings. The minimum atomic E-state index is 0. The second kappa shape index (κ2) is 6.46. The third-order valence-electron chi connectivity index (χ3n) is 1.34. The molecule has 0 bridgehead atoms. The van der Waals surface area contributed by atoms with Crippen LogP contribution in [-0.2, 0) is 0 Å². The molecule has 0 aliphatic heterocycles. The number of hydrogen-bond acceptors (Lipinski definition) is 2. The van der Waals surface area contributed by atoms with Crippen molar-refractivity contribution in [1.29, 1.82) is 0 Å². The topological polar surface area (TPSA) is 54.7 Å². The van der Waals surface area contributed by atoms with E-state index in [4.69, 9.17) is 5.73 Å². The van der Waals surface area contributed by atoms with Gasteiger partial charge in [-0.3, -0.25) is 0 Å². The van der Waals surface area contributed by atoms with Crippen LogP contribution < -0.4 is 5.73 Å². The molecule has 0 aliphatic carbocycles. The molecule has 3 N–H and O–H groups in total. The van der Waals surface area contributed by atoms with E-state index in [1.165, 1.54) is 0 Å². The predicted molar refractivity (Wildman–Crippen MR) is 50.6 cm³/mol. The molecule has 1 heterocycles. The highest BCUT2D eigenvalue weighted by atomic mass is 35.5. The lowest BCUT2D eigenvalue weighted by Crippen LogP contribution is -2.09. The predicted octanol–water partition coefficient (Wildman–Crippen LogP) is 1.32. The number of hydrogen-bond donors (Lipinski definition) is 2. The van der Waals surface area contributed by atoms with Crippen molar-refractivity contribution in [1.82, 2.24) is 9.97 Å². The van der Waals surface area contributed by atoms with E-state index in [9.17, 15) is 0 Å². The van der Waals surface area contributed by atoms with Crippen LogP contribution in [0.15, 0.2) is 12.4 Å². The number of rotatable bonds is 2. The minimum Gasteiger partial charge on any atom is -0.348 e. The molecule has 1 rings (SSSR count). The number of nitrogens with one attached hydrogen (secondary N) is 1. The zero-order valence-corrected chi connectivity index (χ0v) is 7.91. The van der Waals surface area contributed by atoms with Crippen molar-refractivity contribution in [2.24, 2.45) is 5.73 Å². The van der Waals surface area contributed by atoms with E-state index < -0.39 is 0 Å². The molecule has 11 heavy (non-hydrogen) atoms. The van der Waals surface area contributed by atoms with Crippen molar-refractivity contribution < 1.29 is 0 Å². The summed E-state index contributed by atoms with van der Waals surface area (Å²) in [6.45, 7) is 2.69. The smallest absolute Gasteiger partial charge is 0.110 e. The molecular weight excluding hydrogens is 185 g/mol. The Labute approximate surface area is 78.6 Å². The van der Waals surface area contributed by atoms with Crippen LogP contribution in [0.25, 0.3) is 0 Å². The molecule has 0 spiro atoms. The highest BCUT2D eigenvalue weighted by molar-refractivity contribution is 5.85. The molecule has 0 aliphatic rings. The average Bonchev–Trinajstić information content (AvgIpc) is 2.37. The van der Waals surface area contributed by atoms with Crippen LogP contribution >= 0.6 is 24.8 Å². The first kappa shape index (κ1) is 13.3. The van der Waals surface area contributed by atoms with E-state index in [-0.39, 0.29) is 24.8 Å². The largest absolute Gasteiger partial charge is 0.348 e. The molecule has 1 aromatic rings. The highest BCUT2D eigenvalue weighted by Gasteiger charge is 2.02. The maximum Gasteiger partial charge on any atom is 0.110 e. The van der Waals surface area contributed by atoms with Gasteiger partial charge in [0, 0.05) is 24.9 Å². The summed E-state index contributed by atoms with van der Waals surface area (Å²) in [5.41, 5.74) is 5.40. The lowest BCUT2D eigenvalue weighted by atomic mass is 10.2. The van der Waals surface area contributed by atoms with Gasteiger partial charge in [-0.05, 0) is 0 Å². The first-order chi connectivity index (χ1) is 4.34. The van der Waals surface area contributed by atoms with Crippen molar-refractivity contribution in [3.05, 3.63) is 18.2 Å². The van der Waals surface area contributed by atoms with Gasteiger partial charge >= 0.3 is 0 Å². The lowest BCUT2D eigenvalue weighted by Gasteiger charge is -2.01. The van der Waals surface area contributed by atoms with Crippen molar-refractivity contribution in [2.75, 3.05) is 6.54 Å². The number of nitrogens with zero attached hydrogens (tertiary/aromatic N) is 1. The Morgan fingerprint density at radius 1 is 1.64 bits per heavy atom. The van der Waals surface area contributed by atoms with Gasteiger partial charge < -0.3 is 10.7 Å². The van der Waals surface area contributed by atoms with Gasteiger partial charge in [0.15, 0.2) is 0 Å². The molecule has 0 saturated heterocycles. The normalized spacial score (nSPS) is 11.1. The molecule has 0 saturated carbocycles. The standard InChI is InChI=1S/C6H11N3.2ClH/c1-5(4-7)6-8-2-3-9-6;;/h2-3,5H,4,7H2,1H3,(H,8,9);2*1H. The zero-order chi connectivity index (χ0) is 6.69. The van der Waals surface area contributed by atoms with Gasteiger partial charge in [0.05, 0.1) is 0 Å². The van der Waals surface area contributed by atoms with Gasteiger partial charge in [-0.25, -0.2) is 4.98 Å². The first-order valence-electron chi connectivity index (χ1n) is 3.04. The Balaban J connectivity index is 0. The third kappa shape index (κ3) is 3.60. The SMILES string of the molecule is CC(CN)c1ncc[nH]1.Cl.Cl. The molecule has 66 valence electrons. The second-order valence-corrected chi connectivity index (χ2v) is 2.11. The van der Waals surface area contributed by atoms with Crippen LogP contribution in [0.5, 0.6) is 0 Å². The Kier molecular flexibility index (Phi) is 7.84. The van der Waals surface area contributed by atoms with Gasteiger partial charge in [-0.2, -0.15) is 0 Å². The lowest BCUT2D eigenvalue weighted by molar-refractivity contribution is 0.724. The highest BCUT2D eigenvalue weighted by Crippen LogP contribution is 2.05. The number of imidazole rings is 1. The minimum absolute atomic E-state index is 0. The average molecular weight is 198 g/mol. The summed E-state index contributed by atoms with van der Waals surface area (Å²) in [5.74, 6) is 1.32. The van der Waals surface area contributed by atoms with E-state index in [0.717, 1.165) is 5.82 Å². The summed E-state index contributed by atoms with van der Waals surface area (Å²) >= 11 is 0. The molecule has 0 radical (unpaired) electrons. The molecule has 1 aromatic heterocycles. The van der Waals surface area contributed by atoms with Crippen LogP contribution in [0.4, 0.5) is 0 Å². The Morgan fingerprint density at radius 2 is 2.27 bits per heavy atom. The van der Waals surface area contributed by atoms with E-state index in [0.29, 0.717) is 12.5 Å². The number of halogens is 2.